The molecule has 0 aliphatic carbocycles. The molecule has 2 aromatic carbocycles. The predicted octanol–water partition coefficient (Wildman–Crippen LogP) is 5.11. The van der Waals surface area contributed by atoms with Crippen molar-refractivity contribution in [1.82, 2.24) is 0 Å². The highest BCUT2D eigenvalue weighted by molar-refractivity contribution is 7.99. The van der Waals surface area contributed by atoms with Crippen LogP contribution in [-0.4, -0.2) is 5.75 Å². The van der Waals surface area contributed by atoms with Crippen LogP contribution < -0.4 is 0 Å². The molecular formula is C18H16S. The number of allylic oxidation sites excluding steroid dienone is 3. The topological polar surface area (TPSA) is 0 Å². The fourth-order valence-corrected chi connectivity index (χ4v) is 3.11. The Hall–Kier alpha value is -1.73. The average Bonchev–Trinajstić information content (AvgIpc) is 2.59. The Morgan fingerprint density at radius 2 is 1.63 bits per heavy atom. The van der Waals surface area contributed by atoms with Gasteiger partial charge in [0.05, 0.1) is 0 Å². The normalized spacial score (nSPS) is 14.3. The Balaban J connectivity index is 1.99. The summed E-state index contributed by atoms with van der Waals surface area (Å²) in [6.07, 6.45) is 9.73. The lowest BCUT2D eigenvalue weighted by atomic mass is 10.0. The Labute approximate surface area is 118 Å². The molecule has 1 aliphatic heterocycles. The van der Waals surface area contributed by atoms with E-state index in [2.05, 4.69) is 72.8 Å². The summed E-state index contributed by atoms with van der Waals surface area (Å²) in [5.74, 6) is 1.04. The molecule has 2 aromatic rings. The van der Waals surface area contributed by atoms with Crippen molar-refractivity contribution in [3.63, 3.8) is 0 Å². The van der Waals surface area contributed by atoms with Gasteiger partial charge in [0, 0.05) is 10.6 Å². The van der Waals surface area contributed by atoms with Crippen molar-refractivity contribution in [2.75, 3.05) is 5.75 Å². The molecule has 0 aromatic heterocycles. The molecule has 0 N–H and O–H groups in total. The first-order valence-corrected chi connectivity index (χ1v) is 7.55. The second kappa shape index (κ2) is 5.94. The van der Waals surface area contributed by atoms with E-state index in [1.54, 1.807) is 0 Å². The molecule has 0 saturated carbocycles. The van der Waals surface area contributed by atoms with E-state index in [1.807, 2.05) is 11.8 Å². The zero-order chi connectivity index (χ0) is 12.9. The molecule has 0 radical (unpaired) electrons. The van der Waals surface area contributed by atoms with E-state index in [9.17, 15) is 0 Å². The van der Waals surface area contributed by atoms with Crippen LogP contribution in [0.25, 0.3) is 11.1 Å². The van der Waals surface area contributed by atoms with Gasteiger partial charge in [-0.15, -0.1) is 11.8 Å². The lowest BCUT2D eigenvalue weighted by Gasteiger charge is -2.09. The molecule has 3 rings (SSSR count). The molecule has 0 atom stereocenters. The van der Waals surface area contributed by atoms with Gasteiger partial charge in [-0.1, -0.05) is 60.7 Å². The predicted molar refractivity (Wildman–Crippen MR) is 84.6 cm³/mol. The summed E-state index contributed by atoms with van der Waals surface area (Å²) in [4.78, 5) is 1.40. The third-order valence-corrected chi connectivity index (χ3v) is 4.29. The molecule has 94 valence electrons. The number of benzene rings is 2. The van der Waals surface area contributed by atoms with Crippen LogP contribution in [0.3, 0.4) is 0 Å². The van der Waals surface area contributed by atoms with Gasteiger partial charge in [-0.2, -0.15) is 0 Å². The Bertz CT molecular complexity index is 609. The zero-order valence-electron chi connectivity index (χ0n) is 10.8. The van der Waals surface area contributed by atoms with Crippen molar-refractivity contribution in [2.24, 2.45) is 0 Å². The van der Waals surface area contributed by atoms with Gasteiger partial charge in [0.15, 0.2) is 0 Å². The standard InChI is InChI=1S/C18H16S/c1-2-7-13-19-18-12-11-16(14-17(18)10-4-1)15-8-5-3-6-9-15/h1-9,11-12,14H,10,13H2. The van der Waals surface area contributed by atoms with Crippen molar-refractivity contribution < 1.29 is 0 Å². The molecule has 1 heterocycles. The number of fused-ring (bicyclic) bond motifs is 1. The lowest BCUT2D eigenvalue weighted by molar-refractivity contribution is 1.18. The summed E-state index contributed by atoms with van der Waals surface area (Å²) in [6.45, 7) is 0. The smallest absolute Gasteiger partial charge is 0.0164 e. The fourth-order valence-electron chi connectivity index (χ4n) is 2.24. The van der Waals surface area contributed by atoms with Crippen LogP contribution in [0, 0.1) is 0 Å². The van der Waals surface area contributed by atoms with Crippen LogP contribution in [0.15, 0.2) is 77.7 Å². The molecule has 0 amide bonds. The molecule has 0 nitrogen and oxygen atoms in total. The van der Waals surface area contributed by atoms with E-state index in [-0.39, 0.29) is 0 Å². The maximum absolute atomic E-state index is 2.33. The van der Waals surface area contributed by atoms with Gasteiger partial charge < -0.3 is 0 Å². The van der Waals surface area contributed by atoms with E-state index < -0.39 is 0 Å². The van der Waals surface area contributed by atoms with Crippen LogP contribution in [0.2, 0.25) is 0 Å². The Kier molecular flexibility index (Phi) is 3.85. The quantitative estimate of drug-likeness (QED) is 0.689. The fraction of sp³-hybridized carbons (Fsp3) is 0.111. The lowest BCUT2D eigenvalue weighted by Crippen LogP contribution is -1.88. The van der Waals surface area contributed by atoms with E-state index in [4.69, 9.17) is 0 Å². The van der Waals surface area contributed by atoms with Crippen molar-refractivity contribution in [3.05, 3.63) is 78.4 Å². The van der Waals surface area contributed by atoms with Gasteiger partial charge in [-0.3, -0.25) is 0 Å². The van der Waals surface area contributed by atoms with Crippen LogP contribution in [0.4, 0.5) is 0 Å². The number of hydrogen-bond donors (Lipinski definition) is 0. The third kappa shape index (κ3) is 2.99. The number of hydrogen-bond acceptors (Lipinski definition) is 1. The third-order valence-electron chi connectivity index (χ3n) is 3.22. The summed E-state index contributed by atoms with van der Waals surface area (Å²) in [5.41, 5.74) is 4.02. The summed E-state index contributed by atoms with van der Waals surface area (Å²) in [6, 6.07) is 17.4. The van der Waals surface area contributed by atoms with Gasteiger partial charge in [0.1, 0.15) is 0 Å². The Morgan fingerprint density at radius 3 is 2.53 bits per heavy atom. The van der Waals surface area contributed by atoms with E-state index in [1.165, 1.54) is 21.6 Å². The largest absolute Gasteiger partial charge is 0.122 e. The molecule has 0 fully saturated rings. The summed E-state index contributed by atoms with van der Waals surface area (Å²) >= 11 is 1.91. The van der Waals surface area contributed by atoms with E-state index >= 15 is 0 Å². The molecule has 19 heavy (non-hydrogen) atoms. The maximum atomic E-state index is 2.33. The molecule has 1 heteroatoms. The van der Waals surface area contributed by atoms with Crippen LogP contribution >= 0.6 is 11.8 Å². The maximum Gasteiger partial charge on any atom is 0.0164 e. The molecular weight excluding hydrogens is 248 g/mol. The van der Waals surface area contributed by atoms with Crippen LogP contribution in [-0.2, 0) is 6.42 Å². The SMILES string of the molecule is C1=CCSc2ccc(-c3ccccc3)cc2CC=C1. The second-order valence-electron chi connectivity index (χ2n) is 4.56. The van der Waals surface area contributed by atoms with Crippen molar-refractivity contribution in [1.29, 1.82) is 0 Å². The van der Waals surface area contributed by atoms with E-state index in [0.717, 1.165) is 12.2 Å². The van der Waals surface area contributed by atoms with Crippen molar-refractivity contribution in [3.8, 4) is 11.1 Å². The minimum absolute atomic E-state index is 1.01. The van der Waals surface area contributed by atoms with E-state index in [0.29, 0.717) is 0 Å². The first-order chi connectivity index (χ1) is 9.43. The molecule has 0 saturated heterocycles. The monoisotopic (exact) mass is 264 g/mol. The molecule has 0 unspecified atom stereocenters. The summed E-state index contributed by atoms with van der Waals surface area (Å²) in [7, 11) is 0. The number of rotatable bonds is 1. The van der Waals surface area contributed by atoms with Crippen molar-refractivity contribution >= 4 is 11.8 Å². The minimum Gasteiger partial charge on any atom is -0.122 e. The second-order valence-corrected chi connectivity index (χ2v) is 5.62. The van der Waals surface area contributed by atoms with Gasteiger partial charge in [-0.05, 0) is 35.2 Å². The van der Waals surface area contributed by atoms with Gasteiger partial charge in [-0.25, -0.2) is 0 Å². The van der Waals surface area contributed by atoms with Crippen LogP contribution in [0.1, 0.15) is 5.56 Å². The minimum atomic E-state index is 1.01. The summed E-state index contributed by atoms with van der Waals surface area (Å²) in [5, 5.41) is 0. The molecule has 0 bridgehead atoms. The molecule has 0 spiro atoms. The van der Waals surface area contributed by atoms with Crippen LogP contribution in [0.5, 0.6) is 0 Å². The van der Waals surface area contributed by atoms with Gasteiger partial charge in [0.25, 0.3) is 0 Å². The first kappa shape index (κ1) is 12.3. The van der Waals surface area contributed by atoms with Gasteiger partial charge in [0.2, 0.25) is 0 Å². The summed E-state index contributed by atoms with van der Waals surface area (Å²) < 4.78 is 0. The highest BCUT2D eigenvalue weighted by Gasteiger charge is 2.05. The van der Waals surface area contributed by atoms with Gasteiger partial charge >= 0.3 is 0 Å². The highest BCUT2D eigenvalue weighted by Crippen LogP contribution is 2.29. The average molecular weight is 264 g/mol. The molecule has 1 aliphatic rings. The zero-order valence-corrected chi connectivity index (χ0v) is 11.6. The first-order valence-electron chi connectivity index (χ1n) is 6.56. The highest BCUT2D eigenvalue weighted by atomic mass is 32.2. The number of thioether (sulfide) groups is 1. The Morgan fingerprint density at radius 1 is 0.789 bits per heavy atom. The van der Waals surface area contributed by atoms with Crippen molar-refractivity contribution in [2.45, 2.75) is 11.3 Å².